The Labute approximate surface area is 130 Å². The molecule has 1 atom stereocenters. The number of nitrogen functional groups attached to an aromatic ring is 1. The summed E-state index contributed by atoms with van der Waals surface area (Å²) in [6.45, 7) is 5.39. The zero-order chi connectivity index (χ0) is 15.7. The van der Waals surface area contributed by atoms with E-state index in [1.54, 1.807) is 25.1 Å². The van der Waals surface area contributed by atoms with Crippen LogP contribution in [0.3, 0.4) is 0 Å². The second-order valence-electron chi connectivity index (χ2n) is 4.70. The van der Waals surface area contributed by atoms with Gasteiger partial charge in [0.05, 0.1) is 24.6 Å². The van der Waals surface area contributed by atoms with Crippen LogP contribution in [0.2, 0.25) is 5.02 Å². The number of anilines is 2. The molecule has 0 bridgehead atoms. The van der Waals surface area contributed by atoms with E-state index in [1.807, 2.05) is 0 Å². The molecule has 21 heavy (non-hydrogen) atoms. The molecule has 118 valence electrons. The zero-order valence-corrected chi connectivity index (χ0v) is 13.3. The predicted octanol–water partition coefficient (Wildman–Crippen LogP) is 3.08. The van der Waals surface area contributed by atoms with Gasteiger partial charge in [0.25, 0.3) is 5.91 Å². The molecule has 0 heterocycles. The van der Waals surface area contributed by atoms with Crippen molar-refractivity contribution in [3.8, 4) is 0 Å². The van der Waals surface area contributed by atoms with Crippen LogP contribution >= 0.6 is 11.6 Å². The van der Waals surface area contributed by atoms with Crippen molar-refractivity contribution in [3.05, 3.63) is 23.2 Å². The fraction of sp³-hybridized carbons (Fsp3) is 0.533. The van der Waals surface area contributed by atoms with Crippen LogP contribution in [-0.2, 0) is 14.3 Å². The molecule has 3 N–H and O–H groups in total. The Morgan fingerprint density at radius 2 is 2.14 bits per heavy atom. The highest BCUT2D eigenvalue weighted by Gasteiger charge is 2.14. The normalized spacial score (nSPS) is 12.1. The van der Waals surface area contributed by atoms with Gasteiger partial charge in [-0.1, -0.05) is 24.9 Å². The summed E-state index contributed by atoms with van der Waals surface area (Å²) in [6.07, 6.45) is 1.56. The van der Waals surface area contributed by atoms with Gasteiger partial charge in [-0.2, -0.15) is 0 Å². The van der Waals surface area contributed by atoms with Crippen molar-refractivity contribution in [2.45, 2.75) is 32.8 Å². The van der Waals surface area contributed by atoms with Crippen LogP contribution < -0.4 is 11.1 Å². The number of carbonyl (C=O) groups is 1. The smallest absolute Gasteiger partial charge is 0.253 e. The third kappa shape index (κ3) is 6.80. The third-order valence-electron chi connectivity index (χ3n) is 2.88. The molecular formula is C15H23ClN2O3. The second-order valence-corrected chi connectivity index (χ2v) is 5.14. The molecule has 0 aliphatic heterocycles. The standard InChI is InChI=1S/C15H23ClN2O3/c1-3-4-7-20-8-9-21-11(2)15(19)18-14-6-5-12(16)10-13(14)17/h5-6,10-11H,3-4,7-9,17H2,1-2H3,(H,18,19). The molecule has 1 aromatic carbocycles. The minimum absolute atomic E-state index is 0.252. The Morgan fingerprint density at radius 1 is 1.38 bits per heavy atom. The van der Waals surface area contributed by atoms with Gasteiger partial charge in [0, 0.05) is 11.6 Å². The predicted molar refractivity (Wildman–Crippen MR) is 85.6 cm³/mol. The van der Waals surface area contributed by atoms with Crippen LogP contribution in [-0.4, -0.2) is 31.8 Å². The Balaban J connectivity index is 2.30. The topological polar surface area (TPSA) is 73.6 Å². The molecule has 0 spiro atoms. The Bertz CT molecular complexity index is 455. The minimum Gasteiger partial charge on any atom is -0.397 e. The van der Waals surface area contributed by atoms with Gasteiger partial charge in [0.15, 0.2) is 0 Å². The van der Waals surface area contributed by atoms with E-state index in [0.29, 0.717) is 29.6 Å². The molecule has 1 rings (SSSR count). The molecule has 0 fully saturated rings. The quantitative estimate of drug-likeness (QED) is 0.542. The van der Waals surface area contributed by atoms with Crippen molar-refractivity contribution in [2.24, 2.45) is 0 Å². The fourth-order valence-electron chi connectivity index (χ4n) is 1.59. The molecule has 0 aliphatic rings. The average Bonchev–Trinajstić information content (AvgIpc) is 2.45. The molecule has 6 heteroatoms. The highest BCUT2D eigenvalue weighted by molar-refractivity contribution is 6.31. The highest BCUT2D eigenvalue weighted by atomic mass is 35.5. The lowest BCUT2D eigenvalue weighted by molar-refractivity contribution is -0.127. The van der Waals surface area contributed by atoms with E-state index < -0.39 is 6.10 Å². The van der Waals surface area contributed by atoms with Gasteiger partial charge < -0.3 is 20.5 Å². The largest absolute Gasteiger partial charge is 0.397 e. The number of ether oxygens (including phenoxy) is 2. The first kappa shape index (κ1) is 17.8. The fourth-order valence-corrected chi connectivity index (χ4v) is 1.77. The number of hydrogen-bond acceptors (Lipinski definition) is 4. The molecule has 0 aliphatic carbocycles. The Hall–Kier alpha value is -1.30. The van der Waals surface area contributed by atoms with Crippen molar-refractivity contribution in [1.82, 2.24) is 0 Å². The van der Waals surface area contributed by atoms with Crippen molar-refractivity contribution in [2.75, 3.05) is 30.9 Å². The van der Waals surface area contributed by atoms with Crippen LogP contribution in [0.4, 0.5) is 11.4 Å². The van der Waals surface area contributed by atoms with Crippen molar-refractivity contribution >= 4 is 28.9 Å². The van der Waals surface area contributed by atoms with E-state index >= 15 is 0 Å². The SMILES string of the molecule is CCCCOCCOC(C)C(=O)Nc1ccc(Cl)cc1N. The van der Waals surface area contributed by atoms with Crippen LogP contribution in [0.15, 0.2) is 18.2 Å². The van der Waals surface area contributed by atoms with Crippen LogP contribution in [0, 0.1) is 0 Å². The van der Waals surface area contributed by atoms with Crippen molar-refractivity contribution in [1.29, 1.82) is 0 Å². The monoisotopic (exact) mass is 314 g/mol. The maximum atomic E-state index is 12.0. The summed E-state index contributed by atoms with van der Waals surface area (Å²) in [6, 6.07) is 4.92. The molecular weight excluding hydrogens is 292 g/mol. The summed E-state index contributed by atoms with van der Waals surface area (Å²) in [4.78, 5) is 12.0. The maximum Gasteiger partial charge on any atom is 0.253 e. The summed E-state index contributed by atoms with van der Waals surface area (Å²) in [5.41, 5.74) is 6.73. The summed E-state index contributed by atoms with van der Waals surface area (Å²) >= 11 is 5.81. The molecule has 1 amide bonds. The van der Waals surface area contributed by atoms with Gasteiger partial charge in [0.2, 0.25) is 0 Å². The number of carbonyl (C=O) groups excluding carboxylic acids is 1. The molecule has 0 radical (unpaired) electrons. The lowest BCUT2D eigenvalue weighted by Gasteiger charge is -2.14. The summed E-state index contributed by atoms with van der Waals surface area (Å²) < 4.78 is 10.8. The number of unbranched alkanes of at least 4 members (excludes halogenated alkanes) is 1. The van der Waals surface area contributed by atoms with Gasteiger partial charge in [-0.25, -0.2) is 0 Å². The number of nitrogens with one attached hydrogen (secondary N) is 1. The van der Waals surface area contributed by atoms with Gasteiger partial charge >= 0.3 is 0 Å². The first-order valence-electron chi connectivity index (χ1n) is 7.09. The van der Waals surface area contributed by atoms with E-state index in [0.717, 1.165) is 19.4 Å². The number of amides is 1. The number of halogens is 1. The average molecular weight is 315 g/mol. The molecule has 5 nitrogen and oxygen atoms in total. The Kier molecular flexibility index (Phi) is 8.12. The number of benzene rings is 1. The number of rotatable bonds is 9. The lowest BCUT2D eigenvalue weighted by Crippen LogP contribution is -2.29. The van der Waals surface area contributed by atoms with E-state index in [2.05, 4.69) is 12.2 Å². The minimum atomic E-state index is -0.574. The molecule has 0 aromatic heterocycles. The molecule has 1 unspecified atom stereocenters. The molecule has 0 saturated carbocycles. The van der Waals surface area contributed by atoms with Gasteiger partial charge in [-0.3, -0.25) is 4.79 Å². The third-order valence-corrected chi connectivity index (χ3v) is 3.11. The first-order chi connectivity index (χ1) is 10.0. The van der Waals surface area contributed by atoms with E-state index in [9.17, 15) is 4.79 Å². The summed E-state index contributed by atoms with van der Waals surface area (Å²) in [7, 11) is 0. The van der Waals surface area contributed by atoms with E-state index in [4.69, 9.17) is 26.8 Å². The Morgan fingerprint density at radius 3 is 2.81 bits per heavy atom. The zero-order valence-electron chi connectivity index (χ0n) is 12.5. The highest BCUT2D eigenvalue weighted by Crippen LogP contribution is 2.22. The van der Waals surface area contributed by atoms with E-state index in [-0.39, 0.29) is 5.91 Å². The molecule has 0 saturated heterocycles. The summed E-state index contributed by atoms with van der Waals surface area (Å²) in [5, 5.41) is 3.24. The van der Waals surface area contributed by atoms with Gasteiger partial charge in [0.1, 0.15) is 6.10 Å². The number of hydrogen-bond donors (Lipinski definition) is 2. The van der Waals surface area contributed by atoms with Crippen LogP contribution in [0.25, 0.3) is 0 Å². The summed E-state index contributed by atoms with van der Waals surface area (Å²) in [5.74, 6) is -0.252. The van der Waals surface area contributed by atoms with E-state index in [1.165, 1.54) is 0 Å². The lowest BCUT2D eigenvalue weighted by atomic mass is 10.2. The van der Waals surface area contributed by atoms with Crippen molar-refractivity contribution in [3.63, 3.8) is 0 Å². The maximum absolute atomic E-state index is 12.0. The first-order valence-corrected chi connectivity index (χ1v) is 7.47. The second kappa shape index (κ2) is 9.60. The molecule has 1 aromatic rings. The number of nitrogens with two attached hydrogens (primary N) is 1. The van der Waals surface area contributed by atoms with Crippen molar-refractivity contribution < 1.29 is 14.3 Å². The van der Waals surface area contributed by atoms with Gasteiger partial charge in [-0.15, -0.1) is 0 Å². The van der Waals surface area contributed by atoms with Crippen LogP contribution in [0.5, 0.6) is 0 Å². The van der Waals surface area contributed by atoms with Crippen LogP contribution in [0.1, 0.15) is 26.7 Å². The van der Waals surface area contributed by atoms with Gasteiger partial charge in [-0.05, 0) is 31.5 Å².